The maximum absolute atomic E-state index is 16.3. The lowest BCUT2D eigenvalue weighted by molar-refractivity contribution is 0.409. The van der Waals surface area contributed by atoms with Crippen LogP contribution in [0.1, 0.15) is 67.1 Å². The number of hydrogen-bond acceptors (Lipinski definition) is 10. The minimum atomic E-state index is -0.199. The smallest absolute Gasteiger partial charge is 0.137 e. The second kappa shape index (κ2) is 13.9. The Morgan fingerprint density at radius 1 is 0.736 bits per heavy atom. The molecular weight excluding hydrogens is 700 g/mol. The summed E-state index contributed by atoms with van der Waals surface area (Å²) in [7, 11) is 0. The second-order valence-electron chi connectivity index (χ2n) is 14.7. The molecule has 8 heterocycles. The number of thioether (sulfide) groups is 1. The molecule has 11 heteroatoms. The number of pyridine rings is 4. The fourth-order valence-electron chi connectivity index (χ4n) is 8.51. The lowest BCUT2D eigenvalue weighted by Crippen LogP contribution is -2.26. The van der Waals surface area contributed by atoms with Crippen molar-refractivity contribution in [2.45, 2.75) is 61.7 Å². The fourth-order valence-corrected chi connectivity index (χ4v) is 10.8. The standard InChI is InChI=1S/C42H39FN8S2/c43-40-32(27-6-10-37-35(19-27)49-42(53-37)29-7-11-38(46-21-29)50-15-1-2-16-50)23-45-24-33(40)31-13-17-51(25-31)39-12-8-30(22-47-39)41-48-34-18-26(5-9-36(34)52-41)28-4-3-14-44-20-28/h3-4,6-8,10-12,14,19-24,26,31,34,36H,1-2,5,9,13,15-18,25H2. The van der Waals surface area contributed by atoms with Crippen molar-refractivity contribution in [2.24, 2.45) is 4.99 Å². The highest BCUT2D eigenvalue weighted by Crippen LogP contribution is 2.44. The number of nitrogens with zero attached hydrogens (tertiary/aromatic N) is 8. The van der Waals surface area contributed by atoms with Crippen molar-refractivity contribution >= 4 is 50.0 Å². The summed E-state index contributed by atoms with van der Waals surface area (Å²) in [6, 6.07) is 19.0. The van der Waals surface area contributed by atoms with Crippen molar-refractivity contribution in [3.63, 3.8) is 0 Å². The van der Waals surface area contributed by atoms with E-state index >= 15 is 4.39 Å². The van der Waals surface area contributed by atoms with Crippen LogP contribution in [0.25, 0.3) is 31.9 Å². The van der Waals surface area contributed by atoms with E-state index in [0.29, 0.717) is 34.9 Å². The number of rotatable bonds is 7. The maximum Gasteiger partial charge on any atom is 0.137 e. The highest BCUT2D eigenvalue weighted by Gasteiger charge is 2.37. The van der Waals surface area contributed by atoms with E-state index < -0.39 is 0 Å². The van der Waals surface area contributed by atoms with Gasteiger partial charge in [0.15, 0.2) is 0 Å². The van der Waals surface area contributed by atoms with E-state index in [1.807, 2.05) is 60.8 Å². The van der Waals surface area contributed by atoms with Gasteiger partial charge in [-0.05, 0) is 98.0 Å². The zero-order valence-corrected chi connectivity index (χ0v) is 30.9. The summed E-state index contributed by atoms with van der Waals surface area (Å²) in [5, 5.41) is 2.56. The first kappa shape index (κ1) is 32.9. The molecule has 4 unspecified atom stereocenters. The Bertz CT molecular complexity index is 2290. The van der Waals surface area contributed by atoms with E-state index in [1.54, 1.807) is 23.7 Å². The maximum atomic E-state index is 16.3. The second-order valence-corrected chi connectivity index (χ2v) is 16.9. The predicted molar refractivity (Wildman–Crippen MR) is 214 cm³/mol. The van der Waals surface area contributed by atoms with E-state index in [4.69, 9.17) is 19.9 Å². The fraction of sp³-hybridized carbons (Fsp3) is 0.333. The molecular formula is C42H39FN8S2. The summed E-state index contributed by atoms with van der Waals surface area (Å²) in [6.07, 6.45) is 17.8. The van der Waals surface area contributed by atoms with Gasteiger partial charge < -0.3 is 9.80 Å². The Hall–Kier alpha value is -4.74. The zero-order chi connectivity index (χ0) is 35.3. The van der Waals surface area contributed by atoms with Gasteiger partial charge in [-0.1, -0.05) is 12.1 Å². The molecule has 4 atom stereocenters. The average molecular weight is 739 g/mol. The molecule has 53 heavy (non-hydrogen) atoms. The van der Waals surface area contributed by atoms with Crippen LogP contribution in [0, 0.1) is 5.82 Å². The molecule has 0 radical (unpaired) electrons. The molecule has 10 rings (SSSR count). The van der Waals surface area contributed by atoms with Crippen LogP contribution in [0.2, 0.25) is 0 Å². The third-order valence-corrected chi connectivity index (χ3v) is 13.9. The Balaban J connectivity index is 0.817. The van der Waals surface area contributed by atoms with Gasteiger partial charge in [0.2, 0.25) is 0 Å². The van der Waals surface area contributed by atoms with Gasteiger partial charge in [-0.2, -0.15) is 0 Å². The highest BCUT2D eigenvalue weighted by molar-refractivity contribution is 8.15. The van der Waals surface area contributed by atoms with Gasteiger partial charge in [0, 0.05) is 96.8 Å². The first-order chi connectivity index (χ1) is 26.1. The van der Waals surface area contributed by atoms with Gasteiger partial charge in [-0.25, -0.2) is 19.3 Å². The van der Waals surface area contributed by atoms with Crippen LogP contribution in [0.5, 0.6) is 0 Å². The van der Waals surface area contributed by atoms with Gasteiger partial charge in [0.25, 0.3) is 0 Å². The molecule has 1 saturated carbocycles. The minimum absolute atomic E-state index is 0.0280. The van der Waals surface area contributed by atoms with Crippen LogP contribution >= 0.6 is 23.1 Å². The average Bonchev–Trinajstić information content (AvgIpc) is 4.05. The van der Waals surface area contributed by atoms with E-state index in [9.17, 15) is 0 Å². The van der Waals surface area contributed by atoms with Gasteiger partial charge in [-0.3, -0.25) is 15.0 Å². The first-order valence-electron chi connectivity index (χ1n) is 18.7. The van der Waals surface area contributed by atoms with Crippen LogP contribution in [0.3, 0.4) is 0 Å². The van der Waals surface area contributed by atoms with Gasteiger partial charge in [0.05, 0.1) is 21.3 Å². The molecule has 0 N–H and O–H groups in total. The molecule has 0 amide bonds. The van der Waals surface area contributed by atoms with Crippen molar-refractivity contribution in [3.8, 4) is 21.7 Å². The third-order valence-electron chi connectivity index (χ3n) is 11.4. The number of benzene rings is 1. The molecule has 3 aliphatic heterocycles. The Labute approximate surface area is 316 Å². The van der Waals surface area contributed by atoms with Crippen molar-refractivity contribution in [1.29, 1.82) is 0 Å². The molecule has 8 nitrogen and oxygen atoms in total. The van der Waals surface area contributed by atoms with Crippen LogP contribution in [0.4, 0.5) is 16.0 Å². The SMILES string of the molecule is Fc1c(-c2ccc3sc(-c4ccc(N5CCCC5)nc4)nc3c2)cncc1C1CCN(c2ccc(C3=NC4CC(c5cccnc5)CCC4S3)cn2)C1. The predicted octanol–water partition coefficient (Wildman–Crippen LogP) is 9.14. The largest absolute Gasteiger partial charge is 0.357 e. The molecule has 4 aliphatic rings. The molecule has 5 aromatic heterocycles. The van der Waals surface area contributed by atoms with Gasteiger partial charge in [0.1, 0.15) is 22.5 Å². The molecule has 0 bridgehead atoms. The number of aromatic nitrogens is 5. The van der Waals surface area contributed by atoms with E-state index in [-0.39, 0.29) is 11.7 Å². The van der Waals surface area contributed by atoms with Gasteiger partial charge in [-0.15, -0.1) is 23.1 Å². The van der Waals surface area contributed by atoms with Crippen molar-refractivity contribution in [2.75, 3.05) is 36.0 Å². The Morgan fingerprint density at radius 2 is 1.57 bits per heavy atom. The molecule has 2 saturated heterocycles. The third kappa shape index (κ3) is 6.37. The summed E-state index contributed by atoms with van der Waals surface area (Å²) in [5.41, 5.74) is 6.23. The summed E-state index contributed by atoms with van der Waals surface area (Å²) in [5.74, 6) is 2.30. The van der Waals surface area contributed by atoms with Gasteiger partial charge >= 0.3 is 0 Å². The molecule has 266 valence electrons. The van der Waals surface area contributed by atoms with Crippen molar-refractivity contribution < 1.29 is 4.39 Å². The topological polar surface area (TPSA) is 83.3 Å². The van der Waals surface area contributed by atoms with Crippen molar-refractivity contribution in [3.05, 3.63) is 114 Å². The number of hydrogen-bond donors (Lipinski definition) is 0. The van der Waals surface area contributed by atoms with E-state index in [1.165, 1.54) is 31.2 Å². The molecule has 3 fully saturated rings. The number of fused-ring (bicyclic) bond motifs is 2. The molecule has 0 spiro atoms. The zero-order valence-electron chi connectivity index (χ0n) is 29.3. The minimum Gasteiger partial charge on any atom is -0.357 e. The number of halogens is 1. The molecule has 1 aliphatic carbocycles. The van der Waals surface area contributed by atoms with Crippen LogP contribution in [0.15, 0.2) is 96.8 Å². The monoisotopic (exact) mass is 738 g/mol. The Morgan fingerprint density at radius 3 is 2.38 bits per heavy atom. The van der Waals surface area contributed by atoms with Crippen LogP contribution in [-0.2, 0) is 0 Å². The Kier molecular flexibility index (Phi) is 8.63. The summed E-state index contributed by atoms with van der Waals surface area (Å²) >= 11 is 3.55. The first-order valence-corrected chi connectivity index (χ1v) is 20.4. The summed E-state index contributed by atoms with van der Waals surface area (Å²) in [4.78, 5) is 33.2. The lowest BCUT2D eigenvalue weighted by atomic mass is 9.82. The highest BCUT2D eigenvalue weighted by atomic mass is 32.2. The van der Waals surface area contributed by atoms with E-state index in [2.05, 4.69) is 50.1 Å². The van der Waals surface area contributed by atoms with E-state index in [0.717, 1.165) is 81.1 Å². The quantitative estimate of drug-likeness (QED) is 0.160. The summed E-state index contributed by atoms with van der Waals surface area (Å²) in [6.45, 7) is 3.65. The normalized spacial score (nSPS) is 22.8. The molecule has 1 aromatic carbocycles. The number of anilines is 2. The van der Waals surface area contributed by atoms with Crippen molar-refractivity contribution in [1.82, 2.24) is 24.9 Å². The number of aliphatic imine (C=N–C) groups is 1. The number of thiazole rings is 1. The lowest BCUT2D eigenvalue weighted by Gasteiger charge is -2.29. The van der Waals surface area contributed by atoms with Crippen LogP contribution < -0.4 is 9.80 Å². The molecule has 6 aromatic rings. The summed E-state index contributed by atoms with van der Waals surface area (Å²) < 4.78 is 17.4. The van der Waals surface area contributed by atoms with Crippen LogP contribution in [-0.4, -0.2) is 67.4 Å².